The lowest BCUT2D eigenvalue weighted by Crippen LogP contribution is -2.23. The lowest BCUT2D eigenvalue weighted by Gasteiger charge is -2.08. The maximum absolute atomic E-state index is 12.2. The third-order valence-corrected chi connectivity index (χ3v) is 4.30. The molecule has 2 aromatic carbocycles. The molecule has 0 fully saturated rings. The van der Waals surface area contributed by atoms with Crippen LogP contribution in [0.3, 0.4) is 0 Å². The molecule has 0 unspecified atom stereocenters. The molecule has 104 valence electrons. The van der Waals surface area contributed by atoms with Crippen LogP contribution in [0.2, 0.25) is 0 Å². The number of aryl methyl sites for hydroxylation is 1. The molecule has 4 heteroatoms. The van der Waals surface area contributed by atoms with Crippen LogP contribution in [-0.2, 0) is 11.9 Å². The molecule has 1 N–H and O–H groups in total. The van der Waals surface area contributed by atoms with Crippen molar-refractivity contribution in [2.75, 3.05) is 0 Å². The summed E-state index contributed by atoms with van der Waals surface area (Å²) in [5.74, 6) is -0.0650. The second-order valence-electron chi connectivity index (χ2n) is 4.62. The number of alkyl halides is 1. The summed E-state index contributed by atoms with van der Waals surface area (Å²) in [5.41, 5.74) is 4.04. The molecule has 0 saturated carbocycles. The van der Waals surface area contributed by atoms with Crippen molar-refractivity contribution in [3.63, 3.8) is 0 Å². The molecule has 0 bridgehead atoms. The largest absolute Gasteiger partial charge is 0.348 e. The zero-order valence-electron chi connectivity index (χ0n) is 11.1. The second-order valence-corrected chi connectivity index (χ2v) is 6.03. The molecule has 0 aliphatic rings. The van der Waals surface area contributed by atoms with E-state index in [9.17, 15) is 4.79 Å². The molecule has 1 amide bonds. The Morgan fingerprint density at radius 2 is 1.90 bits per heavy atom. The number of amides is 1. The van der Waals surface area contributed by atoms with Gasteiger partial charge in [-0.3, -0.25) is 4.79 Å². The lowest BCUT2D eigenvalue weighted by molar-refractivity contribution is 0.0950. The summed E-state index contributed by atoms with van der Waals surface area (Å²) in [7, 11) is 0. The van der Waals surface area contributed by atoms with E-state index < -0.39 is 0 Å². The van der Waals surface area contributed by atoms with Crippen LogP contribution in [0, 0.1) is 6.92 Å². The van der Waals surface area contributed by atoms with Gasteiger partial charge in [-0.25, -0.2) is 0 Å². The molecule has 2 nitrogen and oxygen atoms in total. The summed E-state index contributed by atoms with van der Waals surface area (Å²) < 4.78 is 0.815. The highest BCUT2D eigenvalue weighted by molar-refractivity contribution is 9.10. The minimum Gasteiger partial charge on any atom is -0.348 e. The van der Waals surface area contributed by atoms with Crippen molar-refractivity contribution in [3.8, 4) is 0 Å². The van der Waals surface area contributed by atoms with Crippen molar-refractivity contribution >= 4 is 37.8 Å². The molecule has 0 aliphatic heterocycles. The number of rotatable bonds is 4. The van der Waals surface area contributed by atoms with Crippen molar-refractivity contribution in [1.29, 1.82) is 0 Å². The van der Waals surface area contributed by atoms with E-state index in [1.807, 2.05) is 37.3 Å². The third-order valence-electron chi connectivity index (χ3n) is 2.97. The Hall–Kier alpha value is -1.13. The van der Waals surface area contributed by atoms with E-state index in [4.69, 9.17) is 0 Å². The average Bonchev–Trinajstić information content (AvgIpc) is 2.47. The maximum atomic E-state index is 12.2. The first-order valence-electron chi connectivity index (χ1n) is 6.28. The van der Waals surface area contributed by atoms with Crippen LogP contribution in [0.1, 0.15) is 27.0 Å². The number of benzene rings is 2. The first kappa shape index (κ1) is 15.3. The minimum absolute atomic E-state index is 0.0650. The Morgan fingerprint density at radius 3 is 2.65 bits per heavy atom. The predicted molar refractivity (Wildman–Crippen MR) is 89.1 cm³/mol. The molecule has 0 spiro atoms. The van der Waals surface area contributed by atoms with Gasteiger partial charge in [-0.15, -0.1) is 0 Å². The molecule has 0 heterocycles. The molecule has 0 atom stereocenters. The topological polar surface area (TPSA) is 29.1 Å². The standard InChI is InChI=1S/C16H15Br2NO/c1-11-5-6-15(18)14(7-11)16(20)19-10-13-4-2-3-12(8-13)9-17/h2-8H,9-10H2,1H3,(H,19,20). The van der Waals surface area contributed by atoms with E-state index in [1.54, 1.807) is 0 Å². The van der Waals surface area contributed by atoms with Gasteiger partial charge in [0, 0.05) is 16.3 Å². The highest BCUT2D eigenvalue weighted by Gasteiger charge is 2.09. The van der Waals surface area contributed by atoms with Gasteiger partial charge in [0.05, 0.1) is 5.56 Å². The van der Waals surface area contributed by atoms with Crippen LogP contribution in [0.4, 0.5) is 0 Å². The van der Waals surface area contributed by atoms with Crippen molar-refractivity contribution in [2.24, 2.45) is 0 Å². The second kappa shape index (κ2) is 7.04. The van der Waals surface area contributed by atoms with Crippen LogP contribution in [0.15, 0.2) is 46.9 Å². The predicted octanol–water partition coefficient (Wildman–Crippen LogP) is 4.58. The smallest absolute Gasteiger partial charge is 0.252 e. The zero-order chi connectivity index (χ0) is 14.5. The van der Waals surface area contributed by atoms with Gasteiger partial charge in [-0.2, -0.15) is 0 Å². The molecule has 0 aliphatic carbocycles. The summed E-state index contributed by atoms with van der Waals surface area (Å²) in [6, 6.07) is 13.9. The fourth-order valence-electron chi connectivity index (χ4n) is 1.91. The maximum Gasteiger partial charge on any atom is 0.252 e. The Morgan fingerprint density at radius 1 is 1.15 bits per heavy atom. The molecule has 0 saturated heterocycles. The Balaban J connectivity index is 2.06. The van der Waals surface area contributed by atoms with Crippen LogP contribution in [-0.4, -0.2) is 5.91 Å². The van der Waals surface area contributed by atoms with E-state index in [2.05, 4.69) is 49.3 Å². The van der Waals surface area contributed by atoms with Gasteiger partial charge in [0.15, 0.2) is 0 Å². The van der Waals surface area contributed by atoms with E-state index in [0.717, 1.165) is 20.9 Å². The van der Waals surface area contributed by atoms with Gasteiger partial charge >= 0.3 is 0 Å². The number of carbonyl (C=O) groups is 1. The molecule has 2 rings (SSSR count). The summed E-state index contributed by atoms with van der Waals surface area (Å²) in [4.78, 5) is 12.2. The number of carbonyl (C=O) groups excluding carboxylic acids is 1. The summed E-state index contributed by atoms with van der Waals surface area (Å²) in [6.45, 7) is 2.50. The monoisotopic (exact) mass is 395 g/mol. The van der Waals surface area contributed by atoms with Gasteiger partial charge in [-0.1, -0.05) is 51.8 Å². The Kier molecular flexibility index (Phi) is 5.38. The van der Waals surface area contributed by atoms with Crippen LogP contribution < -0.4 is 5.32 Å². The van der Waals surface area contributed by atoms with E-state index >= 15 is 0 Å². The first-order chi connectivity index (χ1) is 9.60. The van der Waals surface area contributed by atoms with Crippen molar-refractivity contribution in [1.82, 2.24) is 5.32 Å². The molecular weight excluding hydrogens is 382 g/mol. The van der Waals surface area contributed by atoms with Gasteiger partial charge < -0.3 is 5.32 Å². The van der Waals surface area contributed by atoms with Crippen LogP contribution in [0.25, 0.3) is 0 Å². The van der Waals surface area contributed by atoms with Gasteiger partial charge in [0.25, 0.3) is 5.91 Å². The van der Waals surface area contributed by atoms with Crippen molar-refractivity contribution in [3.05, 3.63) is 69.2 Å². The summed E-state index contributed by atoms with van der Waals surface area (Å²) in [5, 5.41) is 3.77. The zero-order valence-corrected chi connectivity index (χ0v) is 14.3. The number of hydrogen-bond acceptors (Lipinski definition) is 1. The number of hydrogen-bond donors (Lipinski definition) is 1. The molecular formula is C16H15Br2NO. The molecule has 2 aromatic rings. The lowest BCUT2D eigenvalue weighted by atomic mass is 10.1. The highest BCUT2D eigenvalue weighted by atomic mass is 79.9. The number of halogens is 2. The van der Waals surface area contributed by atoms with E-state index in [0.29, 0.717) is 12.1 Å². The fraction of sp³-hybridized carbons (Fsp3) is 0.188. The van der Waals surface area contributed by atoms with E-state index in [1.165, 1.54) is 5.56 Å². The van der Waals surface area contributed by atoms with Gasteiger partial charge in [0.1, 0.15) is 0 Å². The number of nitrogens with one attached hydrogen (secondary N) is 1. The third kappa shape index (κ3) is 3.93. The quantitative estimate of drug-likeness (QED) is 0.752. The van der Waals surface area contributed by atoms with Crippen molar-refractivity contribution in [2.45, 2.75) is 18.8 Å². The van der Waals surface area contributed by atoms with Gasteiger partial charge in [0.2, 0.25) is 0 Å². The van der Waals surface area contributed by atoms with Crippen molar-refractivity contribution < 1.29 is 4.79 Å². The normalized spacial score (nSPS) is 10.3. The average molecular weight is 397 g/mol. The fourth-order valence-corrected chi connectivity index (χ4v) is 2.69. The Bertz CT molecular complexity index is 626. The Labute approximate surface area is 135 Å². The first-order valence-corrected chi connectivity index (χ1v) is 8.19. The van der Waals surface area contributed by atoms with E-state index in [-0.39, 0.29) is 5.91 Å². The van der Waals surface area contributed by atoms with Crippen LogP contribution in [0.5, 0.6) is 0 Å². The summed E-state index contributed by atoms with van der Waals surface area (Å²) >= 11 is 6.85. The summed E-state index contributed by atoms with van der Waals surface area (Å²) in [6.07, 6.45) is 0. The van der Waals surface area contributed by atoms with Crippen LogP contribution >= 0.6 is 31.9 Å². The van der Waals surface area contributed by atoms with Gasteiger partial charge in [-0.05, 0) is 46.1 Å². The molecule has 20 heavy (non-hydrogen) atoms. The highest BCUT2D eigenvalue weighted by Crippen LogP contribution is 2.18. The SMILES string of the molecule is Cc1ccc(Br)c(C(=O)NCc2cccc(CBr)c2)c1. The minimum atomic E-state index is -0.0650. The molecule has 0 radical (unpaired) electrons. The molecule has 0 aromatic heterocycles.